The SMILES string of the molecule is CC1CCC(NC(=O)NS(=O)(=O)c2ccc(CNCC(=O)N3CSC[C@H]3C#N)cc2)CC1. The van der Waals surface area contributed by atoms with Gasteiger partial charge in [0.15, 0.2) is 0 Å². The molecule has 1 heterocycles. The number of hydrogen-bond acceptors (Lipinski definition) is 7. The molecule has 32 heavy (non-hydrogen) atoms. The number of carbonyl (C=O) groups is 2. The van der Waals surface area contributed by atoms with Crippen molar-refractivity contribution >= 4 is 33.7 Å². The Kier molecular flexibility index (Phi) is 8.39. The number of carbonyl (C=O) groups excluding carboxylic acids is 2. The molecule has 9 nitrogen and oxygen atoms in total. The quantitative estimate of drug-likeness (QED) is 0.543. The molecule has 0 unspecified atom stereocenters. The summed E-state index contributed by atoms with van der Waals surface area (Å²) in [5.41, 5.74) is 0.796. The number of sulfonamides is 1. The Morgan fingerprint density at radius 1 is 1.19 bits per heavy atom. The molecule has 3 rings (SSSR count). The van der Waals surface area contributed by atoms with Crippen LogP contribution in [0.1, 0.15) is 38.2 Å². The van der Waals surface area contributed by atoms with E-state index in [4.69, 9.17) is 5.26 Å². The van der Waals surface area contributed by atoms with Crippen LogP contribution in [-0.4, -0.2) is 55.5 Å². The van der Waals surface area contributed by atoms with E-state index in [1.54, 1.807) is 28.8 Å². The van der Waals surface area contributed by atoms with Gasteiger partial charge in [0.1, 0.15) is 6.04 Å². The zero-order chi connectivity index (χ0) is 23.1. The maximum absolute atomic E-state index is 12.5. The molecule has 0 spiro atoms. The Morgan fingerprint density at radius 2 is 1.88 bits per heavy atom. The standard InChI is InChI=1S/C21H29N5O4S2/c1-15-2-6-17(7-3-15)24-21(28)25-32(29,30)19-8-4-16(5-9-19)11-23-12-20(27)26-14-31-13-18(26)10-22/h4-5,8-9,15,17-18,23H,2-3,6-7,11-14H2,1H3,(H2,24,25,28)/t15?,17?,18-/m1/s1. The van der Waals surface area contributed by atoms with Gasteiger partial charge in [-0.15, -0.1) is 11.8 Å². The second-order valence-electron chi connectivity index (χ2n) is 8.29. The van der Waals surface area contributed by atoms with Crippen LogP contribution < -0.4 is 15.4 Å². The Labute approximate surface area is 193 Å². The lowest BCUT2D eigenvalue weighted by Gasteiger charge is -2.26. The Morgan fingerprint density at radius 3 is 2.53 bits per heavy atom. The van der Waals surface area contributed by atoms with Crippen molar-refractivity contribution in [2.75, 3.05) is 18.2 Å². The van der Waals surface area contributed by atoms with E-state index < -0.39 is 16.1 Å². The van der Waals surface area contributed by atoms with E-state index in [-0.39, 0.29) is 29.4 Å². The van der Waals surface area contributed by atoms with Crippen molar-refractivity contribution in [2.24, 2.45) is 5.92 Å². The molecule has 0 aromatic heterocycles. The Balaban J connectivity index is 1.46. The minimum atomic E-state index is -3.97. The molecule has 0 bridgehead atoms. The molecule has 1 aliphatic heterocycles. The maximum atomic E-state index is 12.5. The fourth-order valence-electron chi connectivity index (χ4n) is 3.80. The number of nitrogens with zero attached hydrogens (tertiary/aromatic N) is 2. The van der Waals surface area contributed by atoms with Crippen LogP contribution in [0.15, 0.2) is 29.2 Å². The molecule has 1 saturated carbocycles. The summed E-state index contributed by atoms with van der Waals surface area (Å²) in [7, 11) is -3.97. The summed E-state index contributed by atoms with van der Waals surface area (Å²) in [6.45, 7) is 2.65. The molecular formula is C21H29N5O4S2. The minimum Gasteiger partial charge on any atom is -0.335 e. The third-order valence-corrected chi connectivity index (χ3v) is 8.13. The number of amides is 3. The topological polar surface area (TPSA) is 131 Å². The number of benzene rings is 1. The summed E-state index contributed by atoms with van der Waals surface area (Å²) in [5.74, 6) is 1.65. The number of thioether (sulfide) groups is 1. The average molecular weight is 480 g/mol. The van der Waals surface area contributed by atoms with E-state index in [2.05, 4.69) is 28.3 Å². The molecule has 2 aliphatic rings. The zero-order valence-corrected chi connectivity index (χ0v) is 19.7. The molecule has 1 atom stereocenters. The van der Waals surface area contributed by atoms with Crippen molar-refractivity contribution in [2.45, 2.75) is 56.1 Å². The van der Waals surface area contributed by atoms with Gasteiger partial charge in [-0.2, -0.15) is 5.26 Å². The molecule has 2 fully saturated rings. The van der Waals surface area contributed by atoms with Crippen molar-refractivity contribution in [3.63, 3.8) is 0 Å². The van der Waals surface area contributed by atoms with Crippen LogP contribution in [0.4, 0.5) is 4.79 Å². The number of nitrogens with one attached hydrogen (secondary N) is 3. The predicted octanol–water partition coefficient (Wildman–Crippen LogP) is 1.77. The first-order valence-corrected chi connectivity index (χ1v) is 13.3. The minimum absolute atomic E-state index is 0.000141. The predicted molar refractivity (Wildman–Crippen MR) is 122 cm³/mol. The van der Waals surface area contributed by atoms with Crippen LogP contribution in [0.25, 0.3) is 0 Å². The van der Waals surface area contributed by atoms with Crippen LogP contribution in [0.2, 0.25) is 0 Å². The molecule has 174 valence electrons. The van der Waals surface area contributed by atoms with E-state index in [1.165, 1.54) is 12.1 Å². The molecular weight excluding hydrogens is 450 g/mol. The van der Waals surface area contributed by atoms with Gasteiger partial charge in [0.2, 0.25) is 5.91 Å². The monoisotopic (exact) mass is 479 g/mol. The summed E-state index contributed by atoms with van der Waals surface area (Å²) >= 11 is 1.55. The van der Waals surface area contributed by atoms with Gasteiger partial charge in [-0.3, -0.25) is 4.79 Å². The second-order valence-corrected chi connectivity index (χ2v) is 11.0. The van der Waals surface area contributed by atoms with E-state index in [1.807, 2.05) is 0 Å². The summed E-state index contributed by atoms with van der Waals surface area (Å²) in [5, 5.41) is 14.8. The van der Waals surface area contributed by atoms with Crippen molar-refractivity contribution in [3.8, 4) is 6.07 Å². The highest BCUT2D eigenvalue weighted by atomic mass is 32.2. The summed E-state index contributed by atoms with van der Waals surface area (Å²) in [6.07, 6.45) is 3.75. The van der Waals surface area contributed by atoms with E-state index >= 15 is 0 Å². The number of nitriles is 1. The highest BCUT2D eigenvalue weighted by molar-refractivity contribution is 7.99. The van der Waals surface area contributed by atoms with E-state index in [0.717, 1.165) is 31.2 Å². The van der Waals surface area contributed by atoms with Crippen molar-refractivity contribution in [1.82, 2.24) is 20.3 Å². The van der Waals surface area contributed by atoms with Gasteiger partial charge in [0.25, 0.3) is 10.0 Å². The second kappa shape index (κ2) is 11.0. The van der Waals surface area contributed by atoms with Crippen LogP contribution in [-0.2, 0) is 21.4 Å². The van der Waals surface area contributed by atoms with Gasteiger partial charge in [0, 0.05) is 18.3 Å². The summed E-state index contributed by atoms with van der Waals surface area (Å²) < 4.78 is 27.1. The van der Waals surface area contributed by atoms with Crippen LogP contribution in [0.3, 0.4) is 0 Å². The number of hydrogen-bond donors (Lipinski definition) is 3. The summed E-state index contributed by atoms with van der Waals surface area (Å²) in [4.78, 5) is 25.9. The van der Waals surface area contributed by atoms with Gasteiger partial charge < -0.3 is 15.5 Å². The molecule has 1 aliphatic carbocycles. The van der Waals surface area contributed by atoms with Crippen LogP contribution in [0.5, 0.6) is 0 Å². The van der Waals surface area contributed by atoms with E-state index in [9.17, 15) is 18.0 Å². The average Bonchev–Trinajstić information content (AvgIpc) is 3.24. The fraction of sp³-hybridized carbons (Fsp3) is 0.571. The van der Waals surface area contributed by atoms with E-state index in [0.29, 0.717) is 24.1 Å². The molecule has 3 amide bonds. The molecule has 3 N–H and O–H groups in total. The highest BCUT2D eigenvalue weighted by Crippen LogP contribution is 2.23. The molecule has 0 radical (unpaired) electrons. The number of rotatable bonds is 7. The van der Waals surface area contributed by atoms with Crippen molar-refractivity contribution in [3.05, 3.63) is 29.8 Å². The van der Waals surface area contributed by atoms with Gasteiger partial charge in [-0.05, 0) is 49.3 Å². The van der Waals surface area contributed by atoms with Crippen LogP contribution in [0, 0.1) is 17.2 Å². The van der Waals surface area contributed by atoms with Crippen molar-refractivity contribution in [1.29, 1.82) is 5.26 Å². The maximum Gasteiger partial charge on any atom is 0.328 e. The lowest BCUT2D eigenvalue weighted by Crippen LogP contribution is -2.45. The Bertz CT molecular complexity index is 953. The van der Waals surface area contributed by atoms with Gasteiger partial charge in [-0.1, -0.05) is 19.1 Å². The first kappa shape index (κ1) is 24.4. The largest absolute Gasteiger partial charge is 0.335 e. The smallest absolute Gasteiger partial charge is 0.328 e. The Hall–Kier alpha value is -2.29. The third kappa shape index (κ3) is 6.60. The fourth-order valence-corrected chi connectivity index (χ4v) is 5.82. The molecule has 1 aromatic carbocycles. The molecule has 1 saturated heterocycles. The highest BCUT2D eigenvalue weighted by Gasteiger charge is 2.28. The van der Waals surface area contributed by atoms with Gasteiger partial charge in [0.05, 0.1) is 23.4 Å². The van der Waals surface area contributed by atoms with Crippen LogP contribution >= 0.6 is 11.8 Å². The lowest BCUT2D eigenvalue weighted by molar-refractivity contribution is -0.129. The first-order valence-electron chi connectivity index (χ1n) is 10.7. The molecule has 1 aromatic rings. The number of urea groups is 1. The van der Waals surface area contributed by atoms with Gasteiger partial charge in [-0.25, -0.2) is 17.9 Å². The third-order valence-electron chi connectivity index (χ3n) is 5.77. The first-order chi connectivity index (χ1) is 15.3. The van der Waals surface area contributed by atoms with Crippen molar-refractivity contribution < 1.29 is 18.0 Å². The lowest BCUT2D eigenvalue weighted by atomic mass is 9.87. The van der Waals surface area contributed by atoms with Gasteiger partial charge >= 0.3 is 6.03 Å². The zero-order valence-electron chi connectivity index (χ0n) is 18.0. The molecule has 11 heteroatoms. The summed E-state index contributed by atoms with van der Waals surface area (Å²) in [6, 6.07) is 7.17. The normalized spacial score (nSPS) is 23.4.